The van der Waals surface area contributed by atoms with E-state index in [0.717, 1.165) is 0 Å². The Morgan fingerprint density at radius 3 is 2.39 bits per heavy atom. The monoisotopic (exact) mass is 323 g/mol. The number of rotatable bonds is 6. The van der Waals surface area contributed by atoms with Gasteiger partial charge in [0.15, 0.2) is 0 Å². The third kappa shape index (κ3) is 3.89. The van der Waals surface area contributed by atoms with E-state index in [0.29, 0.717) is 38.5 Å². The van der Waals surface area contributed by atoms with E-state index in [1.807, 2.05) is 0 Å². The number of ether oxygens (including phenoxy) is 2. The van der Waals surface area contributed by atoms with Gasteiger partial charge in [-0.1, -0.05) is 0 Å². The van der Waals surface area contributed by atoms with E-state index >= 15 is 0 Å². The van der Waals surface area contributed by atoms with Crippen LogP contribution < -0.4 is 14.8 Å². The van der Waals surface area contributed by atoms with Crippen LogP contribution in [0.1, 0.15) is 24.2 Å². The predicted octanol–water partition coefficient (Wildman–Crippen LogP) is 1.44. The van der Waals surface area contributed by atoms with Crippen LogP contribution in [0.4, 0.5) is 5.69 Å². The normalized spacial score (nSPS) is 14.4. The molecule has 0 unspecified atom stereocenters. The third-order valence-corrected chi connectivity index (χ3v) is 3.49. The number of amides is 1. The fraction of sp³-hybridized carbons (Fsp3) is 0.533. The maximum Gasteiger partial charge on any atom is 0.312 e. The fourth-order valence-electron chi connectivity index (χ4n) is 2.44. The van der Waals surface area contributed by atoms with Gasteiger partial charge in [0.1, 0.15) is 5.75 Å². The molecule has 8 nitrogen and oxygen atoms in total. The predicted molar refractivity (Wildman–Crippen MR) is 84.2 cm³/mol. The first kappa shape index (κ1) is 17.0. The fourth-order valence-corrected chi connectivity index (χ4v) is 2.44. The average molecular weight is 323 g/mol. The summed E-state index contributed by atoms with van der Waals surface area (Å²) >= 11 is 0. The number of nitrogens with one attached hydrogen (secondary N) is 1. The van der Waals surface area contributed by atoms with Crippen LogP contribution in [0.15, 0.2) is 12.1 Å². The first-order valence-corrected chi connectivity index (χ1v) is 7.66. The van der Waals surface area contributed by atoms with Gasteiger partial charge in [-0.05, 0) is 13.8 Å². The molecule has 1 heterocycles. The quantitative estimate of drug-likeness (QED) is 0.629. The number of carbonyl (C=O) groups is 1. The lowest BCUT2D eigenvalue weighted by atomic mass is 10.1. The summed E-state index contributed by atoms with van der Waals surface area (Å²) in [4.78, 5) is 25.1. The lowest BCUT2D eigenvalue weighted by Gasteiger charge is -2.28. The summed E-state index contributed by atoms with van der Waals surface area (Å²) in [6.45, 7) is 6.70. The summed E-state index contributed by atoms with van der Waals surface area (Å²) in [6, 6.07) is 2.68. The highest BCUT2D eigenvalue weighted by Gasteiger charge is 2.27. The van der Waals surface area contributed by atoms with Gasteiger partial charge in [0.25, 0.3) is 5.91 Å². The molecule has 1 fully saturated rings. The molecule has 23 heavy (non-hydrogen) atoms. The van der Waals surface area contributed by atoms with Crippen molar-refractivity contribution in [1.82, 2.24) is 10.2 Å². The van der Waals surface area contributed by atoms with Gasteiger partial charge >= 0.3 is 5.69 Å². The first-order chi connectivity index (χ1) is 11.1. The Balaban J connectivity index is 2.44. The number of hydrogen-bond acceptors (Lipinski definition) is 6. The van der Waals surface area contributed by atoms with E-state index in [2.05, 4.69) is 5.32 Å². The van der Waals surface area contributed by atoms with E-state index in [9.17, 15) is 14.9 Å². The van der Waals surface area contributed by atoms with Crippen LogP contribution in [0.2, 0.25) is 0 Å². The van der Waals surface area contributed by atoms with Gasteiger partial charge in [0, 0.05) is 38.3 Å². The molecular weight excluding hydrogens is 302 g/mol. The van der Waals surface area contributed by atoms with Crippen molar-refractivity contribution in [2.24, 2.45) is 0 Å². The molecule has 1 aromatic carbocycles. The van der Waals surface area contributed by atoms with Crippen LogP contribution in [0.3, 0.4) is 0 Å². The zero-order valence-electron chi connectivity index (χ0n) is 13.3. The average Bonchev–Trinajstić information content (AvgIpc) is 2.55. The van der Waals surface area contributed by atoms with Gasteiger partial charge in [-0.15, -0.1) is 0 Å². The maximum absolute atomic E-state index is 12.7. The van der Waals surface area contributed by atoms with Gasteiger partial charge in [-0.25, -0.2) is 0 Å². The van der Waals surface area contributed by atoms with E-state index in [-0.39, 0.29) is 29.5 Å². The molecule has 1 saturated heterocycles. The number of carbonyl (C=O) groups excluding carboxylic acids is 1. The van der Waals surface area contributed by atoms with E-state index in [1.165, 1.54) is 12.1 Å². The standard InChI is InChI=1S/C15H21N3O5/c1-3-22-13-10-14(23-4-2)12(18(20)21)9-11(13)15(19)17-7-5-16-6-8-17/h9-10,16H,3-8H2,1-2H3. The van der Waals surface area contributed by atoms with Crippen LogP contribution in [0.5, 0.6) is 11.5 Å². The first-order valence-electron chi connectivity index (χ1n) is 7.66. The Hall–Kier alpha value is -2.35. The third-order valence-electron chi connectivity index (χ3n) is 3.49. The van der Waals surface area contributed by atoms with Crippen LogP contribution in [0, 0.1) is 10.1 Å². The zero-order valence-corrected chi connectivity index (χ0v) is 13.3. The molecule has 0 atom stereocenters. The smallest absolute Gasteiger partial charge is 0.312 e. The molecule has 1 amide bonds. The van der Waals surface area contributed by atoms with Gasteiger partial charge in [-0.2, -0.15) is 0 Å². The van der Waals surface area contributed by atoms with Crippen LogP contribution in [0.25, 0.3) is 0 Å². The molecule has 8 heteroatoms. The van der Waals surface area contributed by atoms with E-state index in [1.54, 1.807) is 18.7 Å². The molecule has 0 radical (unpaired) electrons. The summed E-state index contributed by atoms with van der Waals surface area (Å²) in [5, 5.41) is 14.4. The minimum Gasteiger partial charge on any atom is -0.493 e. The van der Waals surface area contributed by atoms with E-state index < -0.39 is 4.92 Å². The summed E-state index contributed by atoms with van der Waals surface area (Å²) in [5.74, 6) is 0.156. The van der Waals surface area contributed by atoms with Gasteiger partial charge in [0.2, 0.25) is 5.75 Å². The molecule has 0 aliphatic carbocycles. The molecule has 0 bridgehead atoms. The van der Waals surface area contributed by atoms with Crippen molar-refractivity contribution < 1.29 is 19.2 Å². The van der Waals surface area contributed by atoms with Crippen LogP contribution in [-0.4, -0.2) is 55.1 Å². The SMILES string of the molecule is CCOc1cc(OCC)c([N+](=O)[O-])cc1C(=O)N1CCNCC1. The summed E-state index contributed by atoms with van der Waals surface area (Å²) in [6.07, 6.45) is 0. The molecule has 0 spiro atoms. The topological polar surface area (TPSA) is 93.9 Å². The molecular formula is C15H21N3O5. The Morgan fingerprint density at radius 1 is 1.22 bits per heavy atom. The number of piperazine rings is 1. The Bertz CT molecular complexity index is 585. The second kappa shape index (κ2) is 7.77. The van der Waals surface area contributed by atoms with Crippen molar-refractivity contribution >= 4 is 11.6 Å². The highest BCUT2D eigenvalue weighted by atomic mass is 16.6. The lowest BCUT2D eigenvalue weighted by Crippen LogP contribution is -2.46. The lowest BCUT2D eigenvalue weighted by molar-refractivity contribution is -0.385. The second-order valence-corrected chi connectivity index (χ2v) is 4.98. The number of benzene rings is 1. The highest BCUT2D eigenvalue weighted by Crippen LogP contribution is 2.35. The number of hydrogen-bond donors (Lipinski definition) is 1. The number of nitro benzene ring substituents is 1. The molecule has 2 rings (SSSR count). The molecule has 1 aromatic rings. The molecule has 1 aliphatic heterocycles. The van der Waals surface area contributed by atoms with Crippen molar-refractivity contribution in [1.29, 1.82) is 0 Å². The second-order valence-electron chi connectivity index (χ2n) is 4.98. The number of nitro groups is 1. The Labute approximate surface area is 134 Å². The van der Waals surface area contributed by atoms with Crippen molar-refractivity contribution in [2.75, 3.05) is 39.4 Å². The van der Waals surface area contributed by atoms with Crippen molar-refractivity contribution in [3.8, 4) is 11.5 Å². The van der Waals surface area contributed by atoms with Crippen molar-refractivity contribution in [3.63, 3.8) is 0 Å². The van der Waals surface area contributed by atoms with Gasteiger partial charge in [-0.3, -0.25) is 14.9 Å². The molecule has 0 aromatic heterocycles. The molecule has 126 valence electrons. The largest absolute Gasteiger partial charge is 0.493 e. The zero-order chi connectivity index (χ0) is 16.8. The highest BCUT2D eigenvalue weighted by molar-refractivity contribution is 5.98. The van der Waals surface area contributed by atoms with E-state index in [4.69, 9.17) is 9.47 Å². The van der Waals surface area contributed by atoms with Crippen LogP contribution in [-0.2, 0) is 0 Å². The minimum absolute atomic E-state index is 0.109. The number of nitrogens with zero attached hydrogens (tertiary/aromatic N) is 2. The molecule has 0 saturated carbocycles. The molecule has 1 N–H and O–H groups in total. The minimum atomic E-state index is -0.546. The maximum atomic E-state index is 12.7. The van der Waals surface area contributed by atoms with Gasteiger partial charge < -0.3 is 19.7 Å². The summed E-state index contributed by atoms with van der Waals surface area (Å²) < 4.78 is 10.8. The Morgan fingerprint density at radius 2 is 1.83 bits per heavy atom. The van der Waals surface area contributed by atoms with Gasteiger partial charge in [0.05, 0.1) is 23.7 Å². The Kier molecular flexibility index (Phi) is 5.75. The van der Waals surface area contributed by atoms with Crippen molar-refractivity contribution in [2.45, 2.75) is 13.8 Å². The van der Waals surface area contributed by atoms with Crippen molar-refractivity contribution in [3.05, 3.63) is 27.8 Å². The molecule has 1 aliphatic rings. The summed E-state index contributed by atoms with van der Waals surface area (Å²) in [7, 11) is 0. The summed E-state index contributed by atoms with van der Waals surface area (Å²) in [5.41, 5.74) is -0.0299. The van der Waals surface area contributed by atoms with Crippen LogP contribution >= 0.6 is 0 Å².